The van der Waals surface area contributed by atoms with E-state index in [0.29, 0.717) is 17.6 Å². The topological polar surface area (TPSA) is 37.3 Å². The molecule has 1 aromatic rings. The lowest BCUT2D eigenvalue weighted by Gasteiger charge is -2.35. The Hall–Kier alpha value is -1.57. The molecule has 0 amide bonds. The Kier molecular flexibility index (Phi) is 3.19. The van der Waals surface area contributed by atoms with Gasteiger partial charge in [0.25, 0.3) is 0 Å². The van der Waals surface area contributed by atoms with E-state index < -0.39 is 0 Å². The van der Waals surface area contributed by atoms with Crippen molar-refractivity contribution in [3.8, 4) is 5.75 Å². The van der Waals surface area contributed by atoms with Gasteiger partial charge in [0.05, 0.1) is 0 Å². The number of phenols is 1. The zero-order valence-electron chi connectivity index (χ0n) is 12.4. The molecular weight excluding hydrogens is 248 g/mol. The second-order valence-corrected chi connectivity index (χ2v) is 6.55. The van der Waals surface area contributed by atoms with Crippen LogP contribution in [-0.2, 0) is 0 Å². The van der Waals surface area contributed by atoms with Crippen molar-refractivity contribution in [1.29, 1.82) is 0 Å². The fourth-order valence-corrected chi connectivity index (χ4v) is 3.70. The molecule has 2 nitrogen and oxygen atoms in total. The minimum absolute atomic E-state index is 0.113. The molecule has 2 aliphatic carbocycles. The lowest BCUT2D eigenvalue weighted by molar-refractivity contribution is 0.103. The van der Waals surface area contributed by atoms with Crippen LogP contribution >= 0.6 is 0 Å². The van der Waals surface area contributed by atoms with Crippen LogP contribution < -0.4 is 0 Å². The van der Waals surface area contributed by atoms with Gasteiger partial charge in [0.15, 0.2) is 5.78 Å². The second kappa shape index (κ2) is 4.76. The van der Waals surface area contributed by atoms with Crippen LogP contribution in [0.2, 0.25) is 0 Å². The average molecular weight is 270 g/mol. The van der Waals surface area contributed by atoms with Crippen molar-refractivity contribution in [1.82, 2.24) is 0 Å². The number of phenolic OH excluding ortho intramolecular Hbond substituents is 1. The molecule has 106 valence electrons. The number of ketones is 1. The molecule has 2 aliphatic rings. The highest BCUT2D eigenvalue weighted by atomic mass is 16.3. The van der Waals surface area contributed by atoms with E-state index in [4.69, 9.17) is 0 Å². The van der Waals surface area contributed by atoms with Crippen molar-refractivity contribution in [2.45, 2.75) is 51.9 Å². The van der Waals surface area contributed by atoms with Crippen molar-refractivity contribution in [3.05, 3.63) is 40.5 Å². The molecule has 2 atom stereocenters. The number of hydrogen-bond donors (Lipinski definition) is 1. The Bertz CT molecular complexity index is 596. The molecule has 1 fully saturated rings. The minimum Gasteiger partial charge on any atom is -0.508 e. The van der Waals surface area contributed by atoms with Crippen molar-refractivity contribution in [3.63, 3.8) is 0 Å². The molecule has 0 radical (unpaired) electrons. The Morgan fingerprint density at radius 3 is 2.70 bits per heavy atom. The van der Waals surface area contributed by atoms with Crippen molar-refractivity contribution in [2.75, 3.05) is 0 Å². The van der Waals surface area contributed by atoms with Gasteiger partial charge in [-0.3, -0.25) is 4.79 Å². The van der Waals surface area contributed by atoms with Gasteiger partial charge in [0, 0.05) is 11.5 Å². The number of aromatic hydroxyl groups is 1. The zero-order chi connectivity index (χ0) is 14.4. The molecule has 0 heterocycles. The predicted molar refractivity (Wildman–Crippen MR) is 80.4 cm³/mol. The molecule has 2 heteroatoms. The summed E-state index contributed by atoms with van der Waals surface area (Å²) in [5.74, 6) is 1.49. The lowest BCUT2D eigenvalue weighted by Crippen LogP contribution is -2.23. The molecule has 0 aromatic heterocycles. The molecule has 0 aliphatic heterocycles. The predicted octanol–water partition coefficient (Wildman–Crippen LogP) is 4.54. The van der Waals surface area contributed by atoms with Gasteiger partial charge >= 0.3 is 0 Å². The molecule has 3 rings (SSSR count). The first-order chi connectivity index (χ1) is 9.49. The normalized spacial score (nSPS) is 25.2. The third-order valence-corrected chi connectivity index (χ3v) is 4.86. The van der Waals surface area contributed by atoms with Crippen LogP contribution in [0.1, 0.15) is 73.4 Å². The number of hydrogen-bond acceptors (Lipinski definition) is 2. The summed E-state index contributed by atoms with van der Waals surface area (Å²) >= 11 is 0. The van der Waals surface area contributed by atoms with Crippen LogP contribution in [0, 0.1) is 5.92 Å². The summed E-state index contributed by atoms with van der Waals surface area (Å²) in [5.41, 5.74) is 3.98. The third-order valence-electron chi connectivity index (χ3n) is 4.86. The second-order valence-electron chi connectivity index (χ2n) is 6.55. The highest BCUT2D eigenvalue weighted by Crippen LogP contribution is 2.46. The van der Waals surface area contributed by atoms with Gasteiger partial charge in [0.2, 0.25) is 0 Å². The fourth-order valence-electron chi connectivity index (χ4n) is 3.70. The summed E-state index contributed by atoms with van der Waals surface area (Å²) in [6.45, 7) is 6.29. The number of rotatable bonds is 1. The Labute approximate surface area is 120 Å². The molecule has 0 saturated heterocycles. The summed E-state index contributed by atoms with van der Waals surface area (Å²) in [4.78, 5) is 12.4. The number of allylic oxidation sites excluding steroid dienone is 2. The van der Waals surface area contributed by atoms with E-state index in [1.165, 1.54) is 18.4 Å². The molecule has 20 heavy (non-hydrogen) atoms. The maximum Gasteiger partial charge on any atom is 0.186 e. The number of fused-ring (bicyclic) bond motifs is 3. The monoisotopic (exact) mass is 270 g/mol. The number of carbonyl (C=O) groups excluding carboxylic acids is 1. The van der Waals surface area contributed by atoms with Crippen LogP contribution in [-0.4, -0.2) is 10.9 Å². The van der Waals surface area contributed by atoms with Crippen LogP contribution in [0.5, 0.6) is 5.75 Å². The highest BCUT2D eigenvalue weighted by Gasteiger charge is 2.33. The molecular formula is C18H22O2. The largest absolute Gasteiger partial charge is 0.508 e. The molecule has 0 bridgehead atoms. The minimum atomic E-state index is 0.113. The van der Waals surface area contributed by atoms with E-state index in [9.17, 15) is 9.90 Å². The van der Waals surface area contributed by atoms with Crippen LogP contribution in [0.25, 0.3) is 0 Å². The number of benzene rings is 1. The van der Waals surface area contributed by atoms with E-state index in [2.05, 4.69) is 6.92 Å². The molecule has 1 saturated carbocycles. The third kappa shape index (κ3) is 1.98. The smallest absolute Gasteiger partial charge is 0.186 e. The summed E-state index contributed by atoms with van der Waals surface area (Å²) in [5, 5.41) is 10.2. The van der Waals surface area contributed by atoms with E-state index in [1.807, 2.05) is 32.1 Å². The average Bonchev–Trinajstić information content (AvgIpc) is 2.39. The summed E-state index contributed by atoms with van der Waals surface area (Å²) in [7, 11) is 0. The quantitative estimate of drug-likeness (QED) is 0.813. The Morgan fingerprint density at radius 2 is 2.00 bits per heavy atom. The summed E-state index contributed by atoms with van der Waals surface area (Å²) in [6.07, 6.45) is 5.32. The van der Waals surface area contributed by atoms with Gasteiger partial charge in [-0.15, -0.1) is 0 Å². The molecule has 1 aromatic carbocycles. The van der Waals surface area contributed by atoms with E-state index in [-0.39, 0.29) is 11.7 Å². The van der Waals surface area contributed by atoms with Gasteiger partial charge in [0.1, 0.15) is 5.75 Å². The van der Waals surface area contributed by atoms with Crippen molar-refractivity contribution in [2.24, 2.45) is 5.92 Å². The maximum atomic E-state index is 12.4. The fraction of sp³-hybridized carbons (Fsp3) is 0.500. The summed E-state index contributed by atoms with van der Waals surface area (Å²) in [6, 6.07) is 3.75. The number of carbonyl (C=O) groups is 1. The maximum absolute atomic E-state index is 12.4. The standard InChI is InChI=1S/C18H22O2/c1-10(2)13-7-16-15(9-17(13)19)12-6-4-5-11(3)14(12)8-18(16)20/h7-12,19H,4-6H2,1-3H3/t11-,12?/m1/s1. The lowest BCUT2D eigenvalue weighted by atomic mass is 9.69. The van der Waals surface area contributed by atoms with Crippen LogP contribution in [0.15, 0.2) is 23.8 Å². The SMILES string of the molecule is CC(C)c1cc2c(cc1O)C1CCC[C@@H](C)C1=CC2=O. The van der Waals surface area contributed by atoms with Crippen LogP contribution in [0.4, 0.5) is 0 Å². The van der Waals surface area contributed by atoms with Gasteiger partial charge in [-0.1, -0.05) is 32.8 Å². The first kappa shape index (κ1) is 13.4. The van der Waals surface area contributed by atoms with Crippen LogP contribution in [0.3, 0.4) is 0 Å². The summed E-state index contributed by atoms with van der Waals surface area (Å²) < 4.78 is 0. The van der Waals surface area contributed by atoms with Gasteiger partial charge < -0.3 is 5.11 Å². The van der Waals surface area contributed by atoms with Gasteiger partial charge in [-0.2, -0.15) is 0 Å². The Morgan fingerprint density at radius 1 is 1.25 bits per heavy atom. The zero-order valence-corrected chi connectivity index (χ0v) is 12.4. The van der Waals surface area contributed by atoms with Gasteiger partial charge in [-0.05, 0) is 54.0 Å². The van der Waals surface area contributed by atoms with E-state index >= 15 is 0 Å². The van der Waals surface area contributed by atoms with E-state index in [1.54, 1.807) is 0 Å². The first-order valence-corrected chi connectivity index (χ1v) is 7.61. The Balaban J connectivity index is 2.15. The first-order valence-electron chi connectivity index (χ1n) is 7.61. The molecule has 1 N–H and O–H groups in total. The molecule has 1 unspecified atom stereocenters. The van der Waals surface area contributed by atoms with E-state index in [0.717, 1.165) is 23.1 Å². The highest BCUT2D eigenvalue weighted by molar-refractivity contribution is 6.08. The van der Waals surface area contributed by atoms with Crippen molar-refractivity contribution < 1.29 is 9.90 Å². The van der Waals surface area contributed by atoms with Gasteiger partial charge in [-0.25, -0.2) is 0 Å². The molecule has 0 spiro atoms. The van der Waals surface area contributed by atoms with Crippen molar-refractivity contribution >= 4 is 5.78 Å².